The molecule has 4 rings (SSSR count). The van der Waals surface area contributed by atoms with Crippen molar-refractivity contribution in [1.82, 2.24) is 4.90 Å². The minimum atomic E-state index is -0.492. The quantitative estimate of drug-likeness (QED) is 0.127. The van der Waals surface area contributed by atoms with Crippen LogP contribution in [0.2, 0.25) is 0 Å². The number of nitrogens with zero attached hydrogens (tertiary/aromatic N) is 1. The standard InChI is InChI=1S/C27H29BrFNO3.C11H13BrFNO2/c1-4-33-27(31)17-26(24-15-12-22(29)16-25(24)28)30(18-20-8-6-5-7-9-20)19(2)21-10-13-23(32-3)14-11-21;1-2-16-11(15)6-10(14)8-4-3-7(13)5-9(8)12/h5-16,19,26H,4,17-18H2,1-3H3;3-5,10H,2,6,14H2,1H3/t19-,26+;10-/m01/s1. The van der Waals surface area contributed by atoms with Crippen LogP contribution in [0.5, 0.6) is 5.75 Å². The summed E-state index contributed by atoms with van der Waals surface area (Å²) in [4.78, 5) is 26.1. The average Bonchev–Trinajstić information content (AvgIpc) is 3.07. The first-order valence-corrected chi connectivity index (χ1v) is 17.5. The van der Waals surface area contributed by atoms with Gasteiger partial charge in [-0.2, -0.15) is 0 Å². The van der Waals surface area contributed by atoms with Crippen molar-refractivity contribution in [3.8, 4) is 5.75 Å². The summed E-state index contributed by atoms with van der Waals surface area (Å²) in [6.45, 7) is 6.88. The minimum Gasteiger partial charge on any atom is -0.497 e. The third-order valence-electron chi connectivity index (χ3n) is 7.74. The molecule has 0 spiro atoms. The Bertz CT molecular complexity index is 1640. The number of carbonyl (C=O) groups is 2. The molecule has 4 aromatic carbocycles. The monoisotopic (exact) mass is 802 g/mol. The summed E-state index contributed by atoms with van der Waals surface area (Å²) in [6, 6.07) is 25.9. The summed E-state index contributed by atoms with van der Waals surface area (Å²) < 4.78 is 43.3. The van der Waals surface area contributed by atoms with E-state index in [9.17, 15) is 18.4 Å². The van der Waals surface area contributed by atoms with Crippen molar-refractivity contribution in [3.05, 3.63) is 134 Å². The molecule has 0 radical (unpaired) electrons. The van der Waals surface area contributed by atoms with E-state index in [2.05, 4.69) is 55.8 Å². The number of hydrogen-bond acceptors (Lipinski definition) is 7. The molecule has 262 valence electrons. The van der Waals surface area contributed by atoms with Crippen LogP contribution >= 0.6 is 31.9 Å². The van der Waals surface area contributed by atoms with Crippen molar-refractivity contribution in [3.63, 3.8) is 0 Å². The summed E-state index contributed by atoms with van der Waals surface area (Å²) in [5.74, 6) is -0.549. The van der Waals surface area contributed by atoms with Crippen molar-refractivity contribution in [2.24, 2.45) is 5.73 Å². The molecule has 0 saturated heterocycles. The van der Waals surface area contributed by atoms with E-state index >= 15 is 0 Å². The van der Waals surface area contributed by atoms with Gasteiger partial charge in [0.25, 0.3) is 0 Å². The number of nitrogens with two attached hydrogens (primary N) is 1. The van der Waals surface area contributed by atoms with Gasteiger partial charge in [0.15, 0.2) is 0 Å². The van der Waals surface area contributed by atoms with E-state index in [1.807, 2.05) is 42.5 Å². The lowest BCUT2D eigenvalue weighted by molar-refractivity contribution is -0.145. The van der Waals surface area contributed by atoms with Crippen LogP contribution < -0.4 is 10.5 Å². The zero-order valence-electron chi connectivity index (χ0n) is 28.0. The molecule has 0 aromatic heterocycles. The zero-order chi connectivity index (χ0) is 35.9. The van der Waals surface area contributed by atoms with Crippen molar-refractivity contribution in [2.75, 3.05) is 20.3 Å². The molecule has 0 bridgehead atoms. The van der Waals surface area contributed by atoms with Gasteiger partial charge < -0.3 is 19.9 Å². The molecule has 0 saturated carbocycles. The van der Waals surface area contributed by atoms with Crippen LogP contribution in [-0.2, 0) is 25.6 Å². The molecule has 0 aliphatic rings. The fraction of sp³-hybridized carbons (Fsp3) is 0.316. The van der Waals surface area contributed by atoms with Crippen LogP contribution in [0.25, 0.3) is 0 Å². The first kappa shape index (κ1) is 39.8. The number of rotatable bonds is 14. The number of hydrogen-bond donors (Lipinski definition) is 1. The highest BCUT2D eigenvalue weighted by Gasteiger charge is 2.30. The highest BCUT2D eigenvalue weighted by atomic mass is 79.9. The fourth-order valence-electron chi connectivity index (χ4n) is 5.25. The van der Waals surface area contributed by atoms with Crippen molar-refractivity contribution < 1.29 is 32.6 Å². The molecule has 0 aliphatic heterocycles. The predicted octanol–water partition coefficient (Wildman–Crippen LogP) is 9.40. The van der Waals surface area contributed by atoms with Gasteiger partial charge >= 0.3 is 11.9 Å². The van der Waals surface area contributed by atoms with Crippen molar-refractivity contribution >= 4 is 43.8 Å². The molecule has 11 heteroatoms. The summed E-state index contributed by atoms with van der Waals surface area (Å²) in [5.41, 5.74) is 9.55. The summed E-state index contributed by atoms with van der Waals surface area (Å²) in [5, 5.41) is 0. The van der Waals surface area contributed by atoms with Gasteiger partial charge in [0.2, 0.25) is 0 Å². The Labute approximate surface area is 304 Å². The molecule has 0 heterocycles. The summed E-state index contributed by atoms with van der Waals surface area (Å²) in [6.07, 6.45) is 0.226. The Kier molecular flexibility index (Phi) is 16.4. The molecular formula is C38H42Br2F2N2O5. The largest absolute Gasteiger partial charge is 0.497 e. The van der Waals surface area contributed by atoms with Crippen molar-refractivity contribution in [1.29, 1.82) is 0 Å². The molecule has 49 heavy (non-hydrogen) atoms. The zero-order valence-corrected chi connectivity index (χ0v) is 31.2. The molecule has 2 N–H and O–H groups in total. The van der Waals surface area contributed by atoms with E-state index in [0.717, 1.165) is 22.4 Å². The molecule has 4 aromatic rings. The van der Waals surface area contributed by atoms with Gasteiger partial charge in [0.05, 0.1) is 33.2 Å². The Balaban J connectivity index is 0.000000341. The predicted molar refractivity (Wildman–Crippen MR) is 194 cm³/mol. The number of benzene rings is 4. The lowest BCUT2D eigenvalue weighted by Crippen LogP contribution is -2.33. The van der Waals surface area contributed by atoms with Gasteiger partial charge in [-0.25, -0.2) is 8.78 Å². The normalized spacial score (nSPS) is 12.7. The van der Waals surface area contributed by atoms with Gasteiger partial charge in [-0.05, 0) is 79.4 Å². The Morgan fingerprint density at radius 3 is 1.82 bits per heavy atom. The SMILES string of the molecule is CCOC(=O)C[C@@H](N)c1ccc(F)cc1Br.CCOC(=O)C[C@H](c1ccc(F)cc1Br)N(Cc1ccccc1)[C@@H](C)c1ccc(OC)cc1. The average molecular weight is 805 g/mol. The molecule has 0 unspecified atom stereocenters. The van der Waals surface area contributed by atoms with Crippen LogP contribution in [0.4, 0.5) is 8.78 Å². The topological polar surface area (TPSA) is 91.1 Å². The Morgan fingerprint density at radius 1 is 0.776 bits per heavy atom. The molecule has 3 atom stereocenters. The molecule has 0 amide bonds. The first-order valence-electron chi connectivity index (χ1n) is 15.9. The van der Waals surface area contributed by atoms with E-state index in [1.165, 1.54) is 24.3 Å². The second-order valence-electron chi connectivity index (χ2n) is 11.1. The third-order valence-corrected chi connectivity index (χ3v) is 9.12. The van der Waals surface area contributed by atoms with E-state index in [4.69, 9.17) is 19.9 Å². The molecule has 0 aliphatic carbocycles. The summed E-state index contributed by atoms with van der Waals surface area (Å²) >= 11 is 6.72. The first-order chi connectivity index (χ1) is 23.5. The van der Waals surface area contributed by atoms with Crippen LogP contribution in [0.15, 0.2) is 99.9 Å². The van der Waals surface area contributed by atoms with Crippen LogP contribution in [0.1, 0.15) is 74.0 Å². The van der Waals surface area contributed by atoms with Gasteiger partial charge in [0, 0.05) is 33.6 Å². The van der Waals surface area contributed by atoms with Crippen LogP contribution in [0, 0.1) is 11.6 Å². The molecular weight excluding hydrogens is 762 g/mol. The Hall–Kier alpha value is -3.64. The number of carbonyl (C=O) groups excluding carboxylic acids is 2. The van der Waals surface area contributed by atoms with Gasteiger partial charge in [-0.1, -0.05) is 86.5 Å². The maximum absolute atomic E-state index is 13.9. The molecule has 7 nitrogen and oxygen atoms in total. The highest BCUT2D eigenvalue weighted by Crippen LogP contribution is 2.38. The van der Waals surface area contributed by atoms with Crippen LogP contribution in [-0.4, -0.2) is 37.2 Å². The summed E-state index contributed by atoms with van der Waals surface area (Å²) in [7, 11) is 1.64. The number of ether oxygens (including phenoxy) is 3. The van der Waals surface area contributed by atoms with E-state index < -0.39 is 6.04 Å². The lowest BCUT2D eigenvalue weighted by Gasteiger charge is -2.37. The van der Waals surface area contributed by atoms with E-state index in [1.54, 1.807) is 33.1 Å². The second-order valence-corrected chi connectivity index (χ2v) is 12.8. The lowest BCUT2D eigenvalue weighted by atomic mass is 9.96. The highest BCUT2D eigenvalue weighted by molar-refractivity contribution is 9.10. The smallest absolute Gasteiger partial charge is 0.307 e. The minimum absolute atomic E-state index is 0.0486. The Morgan fingerprint density at radius 2 is 1.31 bits per heavy atom. The van der Waals surface area contributed by atoms with Gasteiger partial charge in [-0.3, -0.25) is 14.5 Å². The van der Waals surface area contributed by atoms with Crippen LogP contribution in [0.3, 0.4) is 0 Å². The maximum atomic E-state index is 13.9. The van der Waals surface area contributed by atoms with Gasteiger partial charge in [0.1, 0.15) is 17.4 Å². The fourth-order valence-corrected chi connectivity index (χ4v) is 6.51. The van der Waals surface area contributed by atoms with Crippen molar-refractivity contribution in [2.45, 2.75) is 58.3 Å². The number of methoxy groups -OCH3 is 1. The van der Waals surface area contributed by atoms with Gasteiger partial charge in [-0.15, -0.1) is 0 Å². The second kappa shape index (κ2) is 20.1. The maximum Gasteiger partial charge on any atom is 0.307 e. The third kappa shape index (κ3) is 12.3. The number of halogens is 4. The van der Waals surface area contributed by atoms with E-state index in [0.29, 0.717) is 34.3 Å². The molecule has 0 fully saturated rings. The number of esters is 2. The van der Waals surface area contributed by atoms with E-state index in [-0.39, 0.29) is 48.5 Å².